The van der Waals surface area contributed by atoms with Gasteiger partial charge in [-0.05, 0) is 74.1 Å². The first-order valence-electron chi connectivity index (χ1n) is 17.4. The number of fused-ring (bicyclic) bond motifs is 1. The largest absolute Gasteiger partial charge is 0.496 e. The quantitative estimate of drug-likeness (QED) is 0.319. The lowest BCUT2D eigenvalue weighted by molar-refractivity contribution is -0.130. The Labute approximate surface area is 299 Å². The van der Waals surface area contributed by atoms with Crippen molar-refractivity contribution in [1.29, 1.82) is 0 Å². The molecule has 51 heavy (non-hydrogen) atoms. The molecule has 3 atom stereocenters. The summed E-state index contributed by atoms with van der Waals surface area (Å²) >= 11 is 0. The van der Waals surface area contributed by atoms with E-state index in [9.17, 15) is 19.2 Å². The Morgan fingerprint density at radius 3 is 2.33 bits per heavy atom. The minimum absolute atomic E-state index is 0.131. The highest BCUT2D eigenvalue weighted by Crippen LogP contribution is 2.28. The summed E-state index contributed by atoms with van der Waals surface area (Å²) in [4.78, 5) is 60.2. The molecule has 276 valence electrons. The van der Waals surface area contributed by atoms with Crippen LogP contribution in [0.25, 0.3) is 0 Å². The molecular formula is C37H51N7O7. The summed E-state index contributed by atoms with van der Waals surface area (Å²) in [5.74, 6) is 1.43. The number of aromatic nitrogens is 3. The number of nitrogens with zero attached hydrogens (tertiary/aromatic N) is 4. The van der Waals surface area contributed by atoms with Crippen LogP contribution >= 0.6 is 0 Å². The van der Waals surface area contributed by atoms with E-state index in [1.54, 1.807) is 57.4 Å². The van der Waals surface area contributed by atoms with Gasteiger partial charge in [0.05, 0.1) is 27.4 Å². The van der Waals surface area contributed by atoms with Gasteiger partial charge in [-0.15, -0.1) is 0 Å². The first-order chi connectivity index (χ1) is 24.5. The number of methoxy groups -OCH3 is 3. The molecule has 0 fully saturated rings. The predicted octanol–water partition coefficient (Wildman–Crippen LogP) is 3.35. The van der Waals surface area contributed by atoms with Crippen molar-refractivity contribution in [1.82, 2.24) is 35.6 Å². The van der Waals surface area contributed by atoms with E-state index in [4.69, 9.17) is 19.2 Å². The third-order valence-corrected chi connectivity index (χ3v) is 9.09. The van der Waals surface area contributed by atoms with Crippen LogP contribution in [0.15, 0.2) is 36.4 Å². The van der Waals surface area contributed by atoms with Gasteiger partial charge in [-0.3, -0.25) is 19.2 Å². The first kappa shape index (κ1) is 38.7. The van der Waals surface area contributed by atoms with Crippen molar-refractivity contribution in [3.8, 4) is 17.2 Å². The number of rotatable bonds is 8. The molecule has 0 radical (unpaired) electrons. The molecule has 2 aromatic carbocycles. The van der Waals surface area contributed by atoms with E-state index >= 15 is 0 Å². The minimum atomic E-state index is -0.797. The second-order valence-electron chi connectivity index (χ2n) is 12.9. The van der Waals surface area contributed by atoms with Crippen LogP contribution in [-0.4, -0.2) is 90.3 Å². The number of hydrogen-bond acceptors (Lipinski definition) is 9. The van der Waals surface area contributed by atoms with E-state index in [0.29, 0.717) is 79.8 Å². The maximum Gasteiger partial charge on any atom is 0.253 e. The predicted molar refractivity (Wildman–Crippen MR) is 191 cm³/mol. The number of hydrogen-bond donors (Lipinski definition) is 3. The number of nitrogens with one attached hydrogen (secondary N) is 3. The van der Waals surface area contributed by atoms with Gasteiger partial charge in [0.2, 0.25) is 17.7 Å². The number of carbonyl (C=O) groups excluding carboxylic acids is 4. The number of aryl methyl sites for hydroxylation is 1. The van der Waals surface area contributed by atoms with E-state index < -0.39 is 12.1 Å². The molecular weight excluding hydrogens is 654 g/mol. The fourth-order valence-electron chi connectivity index (χ4n) is 6.03. The van der Waals surface area contributed by atoms with Crippen molar-refractivity contribution < 1.29 is 33.4 Å². The molecule has 4 amide bonds. The fourth-order valence-corrected chi connectivity index (χ4v) is 6.03. The summed E-state index contributed by atoms with van der Waals surface area (Å²) in [6, 6.07) is 9.37. The minimum Gasteiger partial charge on any atom is -0.496 e. The Hall–Kier alpha value is -5.14. The summed E-state index contributed by atoms with van der Waals surface area (Å²) in [7, 11) is 4.71. The van der Waals surface area contributed by atoms with Crippen molar-refractivity contribution >= 4 is 23.6 Å². The Bertz CT molecular complexity index is 1690. The topological polar surface area (TPSA) is 166 Å². The molecule has 0 spiro atoms. The summed E-state index contributed by atoms with van der Waals surface area (Å²) < 4.78 is 17.7. The van der Waals surface area contributed by atoms with Gasteiger partial charge >= 0.3 is 0 Å². The number of carbonyl (C=O) groups is 4. The van der Waals surface area contributed by atoms with Gasteiger partial charge in [0, 0.05) is 38.0 Å². The molecule has 4 rings (SSSR count). The normalized spacial score (nSPS) is 18.6. The van der Waals surface area contributed by atoms with Crippen LogP contribution in [0, 0.1) is 12.8 Å². The number of benzene rings is 2. The first-order valence-corrected chi connectivity index (χ1v) is 17.4. The molecule has 0 unspecified atom stereocenters. The number of amides is 4. The Morgan fingerprint density at radius 2 is 1.65 bits per heavy atom. The molecule has 1 aromatic heterocycles. The van der Waals surface area contributed by atoms with Crippen LogP contribution in [0.3, 0.4) is 0 Å². The molecule has 0 aliphatic carbocycles. The van der Waals surface area contributed by atoms with Gasteiger partial charge in [-0.25, -0.2) is 9.67 Å². The van der Waals surface area contributed by atoms with Crippen LogP contribution in [0.5, 0.6) is 17.2 Å². The van der Waals surface area contributed by atoms with E-state index in [1.807, 2.05) is 32.9 Å². The van der Waals surface area contributed by atoms with E-state index in [1.165, 1.54) is 4.68 Å². The Morgan fingerprint density at radius 1 is 0.941 bits per heavy atom. The molecule has 1 aliphatic rings. The van der Waals surface area contributed by atoms with E-state index in [0.717, 1.165) is 11.1 Å². The molecule has 14 nitrogen and oxygen atoms in total. The van der Waals surface area contributed by atoms with Crippen molar-refractivity contribution in [2.75, 3.05) is 41.0 Å². The molecule has 3 aromatic rings. The fraction of sp³-hybridized carbons (Fsp3) is 0.514. The van der Waals surface area contributed by atoms with Crippen LogP contribution in [0.2, 0.25) is 0 Å². The van der Waals surface area contributed by atoms with Crippen molar-refractivity contribution in [3.63, 3.8) is 0 Å². The molecule has 3 N–H and O–H groups in total. The zero-order valence-corrected chi connectivity index (χ0v) is 30.7. The standard InChI is InChI=1S/C37H51N7O7/c1-8-23(2)34-36(47)39-25(4)35-40-31(21-26-12-14-29(50-6)30(20-26)51-7)42-44(35)22-33(46)38-16-10-18-43(17-9-11-32(45)41-34)37(48)27-13-15-28(49-5)24(3)19-27/h12-15,19-20,23,25,34H,8-11,16-18,21-22H2,1-7H3,(H,38,46)(H,39,47)(H,41,45)/t23-,25+,34-/m0/s1. The summed E-state index contributed by atoms with van der Waals surface area (Å²) in [6.45, 7) is 8.40. The van der Waals surface area contributed by atoms with Crippen LogP contribution in [-0.2, 0) is 27.3 Å². The van der Waals surface area contributed by atoms with Crippen molar-refractivity contribution in [3.05, 3.63) is 64.7 Å². The maximum absolute atomic E-state index is 13.7. The third kappa shape index (κ3) is 10.2. The number of ether oxygens (including phenoxy) is 3. The molecule has 14 heteroatoms. The average molecular weight is 706 g/mol. The van der Waals surface area contributed by atoms with E-state index in [-0.39, 0.29) is 42.5 Å². The average Bonchev–Trinajstić information content (AvgIpc) is 3.51. The lowest BCUT2D eigenvalue weighted by atomic mass is 9.97. The molecule has 0 saturated heterocycles. The molecule has 0 bridgehead atoms. The lowest BCUT2D eigenvalue weighted by Gasteiger charge is -2.26. The Kier molecular flexibility index (Phi) is 13.8. The van der Waals surface area contributed by atoms with Gasteiger partial charge in [0.15, 0.2) is 17.3 Å². The summed E-state index contributed by atoms with van der Waals surface area (Å²) in [5.41, 5.74) is 2.21. The van der Waals surface area contributed by atoms with Gasteiger partial charge in [-0.1, -0.05) is 26.3 Å². The van der Waals surface area contributed by atoms with Gasteiger partial charge in [-0.2, -0.15) is 5.10 Å². The smallest absolute Gasteiger partial charge is 0.253 e. The van der Waals surface area contributed by atoms with Crippen LogP contribution < -0.4 is 30.2 Å². The molecule has 1 aliphatic heterocycles. The highest BCUT2D eigenvalue weighted by Gasteiger charge is 2.29. The SMILES string of the molecule is CC[C@H](C)[C@@H]1NC(=O)CCCN(C(=O)c2ccc(OC)c(C)c2)CCCNC(=O)Cn2nc(Cc3ccc(OC)c(OC)c3)nc2[C@@H](C)NC1=O. The maximum atomic E-state index is 13.7. The van der Waals surface area contributed by atoms with Crippen LogP contribution in [0.1, 0.15) is 85.6 Å². The third-order valence-electron chi connectivity index (χ3n) is 9.09. The van der Waals surface area contributed by atoms with Crippen molar-refractivity contribution in [2.45, 2.75) is 78.4 Å². The highest BCUT2D eigenvalue weighted by molar-refractivity contribution is 5.94. The second kappa shape index (κ2) is 18.2. The summed E-state index contributed by atoms with van der Waals surface area (Å²) in [5, 5.41) is 13.5. The molecule has 2 heterocycles. The lowest BCUT2D eigenvalue weighted by Crippen LogP contribution is -2.51. The van der Waals surface area contributed by atoms with Gasteiger partial charge < -0.3 is 35.1 Å². The van der Waals surface area contributed by atoms with Crippen LogP contribution in [0.4, 0.5) is 0 Å². The second-order valence-corrected chi connectivity index (χ2v) is 12.9. The zero-order valence-electron chi connectivity index (χ0n) is 30.7. The zero-order chi connectivity index (χ0) is 37.1. The monoisotopic (exact) mass is 705 g/mol. The molecule has 0 saturated carbocycles. The summed E-state index contributed by atoms with van der Waals surface area (Å²) in [6.07, 6.45) is 2.02. The van der Waals surface area contributed by atoms with Crippen molar-refractivity contribution in [2.24, 2.45) is 5.92 Å². The highest BCUT2D eigenvalue weighted by atomic mass is 16.5. The van der Waals surface area contributed by atoms with Gasteiger partial charge in [0.25, 0.3) is 5.91 Å². The Balaban J connectivity index is 1.60. The van der Waals surface area contributed by atoms with E-state index in [2.05, 4.69) is 21.0 Å². The van der Waals surface area contributed by atoms with Gasteiger partial charge in [0.1, 0.15) is 24.2 Å².